The van der Waals surface area contributed by atoms with Gasteiger partial charge in [0.15, 0.2) is 0 Å². The Morgan fingerprint density at radius 3 is 2.54 bits per heavy atom. The van der Waals surface area contributed by atoms with Crippen LogP contribution in [0.25, 0.3) is 0 Å². The molecule has 2 heterocycles. The third-order valence-corrected chi connectivity index (χ3v) is 3.03. The van der Waals surface area contributed by atoms with Crippen LogP contribution in [0.1, 0.15) is 32.1 Å². The highest BCUT2D eigenvalue weighted by molar-refractivity contribution is 5.82. The van der Waals surface area contributed by atoms with E-state index in [2.05, 4.69) is 5.32 Å². The Labute approximate surface area is 79.5 Å². The standard InChI is InChI=1S/C10H18N2O/c13-10(9-5-4-6-11-9)12-7-2-1-3-8-12/h9,11H,1-8H2. The lowest BCUT2D eigenvalue weighted by molar-refractivity contribution is -0.133. The predicted octanol–water partition coefficient (Wildman–Crippen LogP) is 0.751. The summed E-state index contributed by atoms with van der Waals surface area (Å²) in [6, 6.07) is 0.137. The van der Waals surface area contributed by atoms with Gasteiger partial charge in [0, 0.05) is 13.1 Å². The molecule has 0 spiro atoms. The Bertz CT molecular complexity index is 181. The number of nitrogens with one attached hydrogen (secondary N) is 1. The van der Waals surface area contributed by atoms with Crippen molar-refractivity contribution in [3.8, 4) is 0 Å². The molecule has 2 saturated heterocycles. The second-order valence-corrected chi connectivity index (χ2v) is 4.03. The summed E-state index contributed by atoms with van der Waals surface area (Å²) in [6.45, 7) is 2.98. The molecule has 3 nitrogen and oxygen atoms in total. The van der Waals surface area contributed by atoms with E-state index in [4.69, 9.17) is 0 Å². The van der Waals surface area contributed by atoms with Crippen molar-refractivity contribution in [1.29, 1.82) is 0 Å². The molecule has 0 aromatic carbocycles. The molecule has 0 bridgehead atoms. The number of nitrogens with zero attached hydrogens (tertiary/aromatic N) is 1. The molecule has 0 aromatic heterocycles. The number of amides is 1. The van der Waals surface area contributed by atoms with Crippen molar-refractivity contribution in [2.24, 2.45) is 0 Å². The first-order valence-electron chi connectivity index (χ1n) is 5.40. The molecule has 2 aliphatic rings. The molecule has 1 amide bonds. The lowest BCUT2D eigenvalue weighted by Crippen LogP contribution is -2.45. The summed E-state index contributed by atoms with van der Waals surface area (Å²) in [5.74, 6) is 0.345. The van der Waals surface area contributed by atoms with Gasteiger partial charge in [-0.1, -0.05) is 0 Å². The first-order chi connectivity index (χ1) is 6.38. The fourth-order valence-corrected chi connectivity index (χ4v) is 2.23. The lowest BCUT2D eigenvalue weighted by Gasteiger charge is -2.29. The number of carbonyl (C=O) groups excluding carboxylic acids is 1. The van der Waals surface area contributed by atoms with Crippen molar-refractivity contribution < 1.29 is 4.79 Å². The van der Waals surface area contributed by atoms with Crippen molar-refractivity contribution in [3.05, 3.63) is 0 Å². The fourth-order valence-electron chi connectivity index (χ4n) is 2.23. The van der Waals surface area contributed by atoms with Gasteiger partial charge in [0.25, 0.3) is 0 Å². The first-order valence-corrected chi connectivity index (χ1v) is 5.40. The summed E-state index contributed by atoms with van der Waals surface area (Å²) in [6.07, 6.45) is 5.87. The molecular weight excluding hydrogens is 164 g/mol. The summed E-state index contributed by atoms with van der Waals surface area (Å²) in [7, 11) is 0. The summed E-state index contributed by atoms with van der Waals surface area (Å²) in [5, 5.41) is 3.26. The summed E-state index contributed by atoms with van der Waals surface area (Å²) in [4.78, 5) is 13.9. The Hall–Kier alpha value is -0.570. The zero-order valence-electron chi connectivity index (χ0n) is 8.09. The second kappa shape index (κ2) is 4.09. The highest BCUT2D eigenvalue weighted by atomic mass is 16.2. The molecular formula is C10H18N2O. The third-order valence-electron chi connectivity index (χ3n) is 3.03. The number of piperidine rings is 1. The van der Waals surface area contributed by atoms with Crippen LogP contribution in [-0.4, -0.2) is 36.5 Å². The van der Waals surface area contributed by atoms with E-state index >= 15 is 0 Å². The number of hydrogen-bond donors (Lipinski definition) is 1. The second-order valence-electron chi connectivity index (χ2n) is 4.03. The number of likely N-dealkylation sites (tertiary alicyclic amines) is 1. The third kappa shape index (κ3) is 2.02. The molecule has 2 rings (SSSR count). The molecule has 13 heavy (non-hydrogen) atoms. The van der Waals surface area contributed by atoms with Crippen molar-refractivity contribution in [2.75, 3.05) is 19.6 Å². The fraction of sp³-hybridized carbons (Fsp3) is 0.900. The Kier molecular flexibility index (Phi) is 2.83. The van der Waals surface area contributed by atoms with Crippen LogP contribution in [-0.2, 0) is 4.79 Å². The Morgan fingerprint density at radius 1 is 1.15 bits per heavy atom. The van der Waals surface area contributed by atoms with Crippen LogP contribution in [0, 0.1) is 0 Å². The van der Waals surface area contributed by atoms with Crippen LogP contribution >= 0.6 is 0 Å². The van der Waals surface area contributed by atoms with Crippen molar-refractivity contribution in [2.45, 2.75) is 38.1 Å². The minimum atomic E-state index is 0.137. The van der Waals surface area contributed by atoms with Crippen molar-refractivity contribution in [3.63, 3.8) is 0 Å². The molecule has 0 aromatic rings. The first kappa shape index (κ1) is 9.00. The maximum atomic E-state index is 11.9. The molecule has 0 radical (unpaired) electrons. The lowest BCUT2D eigenvalue weighted by atomic mass is 10.1. The van der Waals surface area contributed by atoms with Crippen LogP contribution in [0.5, 0.6) is 0 Å². The molecule has 1 atom stereocenters. The molecule has 2 fully saturated rings. The molecule has 1 N–H and O–H groups in total. The summed E-state index contributed by atoms with van der Waals surface area (Å²) >= 11 is 0. The smallest absolute Gasteiger partial charge is 0.239 e. The highest BCUT2D eigenvalue weighted by Crippen LogP contribution is 2.13. The SMILES string of the molecule is O=C(C1CCCN1)N1CCCCC1. The molecule has 74 valence electrons. The van der Waals surface area contributed by atoms with Gasteiger partial charge in [0.1, 0.15) is 0 Å². The maximum absolute atomic E-state index is 11.9. The molecule has 1 unspecified atom stereocenters. The van der Waals surface area contributed by atoms with Gasteiger partial charge in [-0.3, -0.25) is 4.79 Å². The van der Waals surface area contributed by atoms with Gasteiger partial charge in [-0.05, 0) is 38.6 Å². The Morgan fingerprint density at radius 2 is 1.92 bits per heavy atom. The van der Waals surface area contributed by atoms with Gasteiger partial charge in [-0.25, -0.2) is 0 Å². The zero-order valence-corrected chi connectivity index (χ0v) is 8.09. The minimum absolute atomic E-state index is 0.137. The van der Waals surface area contributed by atoms with Gasteiger partial charge in [-0.15, -0.1) is 0 Å². The van der Waals surface area contributed by atoms with Crippen LogP contribution in [0.3, 0.4) is 0 Å². The van der Waals surface area contributed by atoms with E-state index in [-0.39, 0.29) is 6.04 Å². The van der Waals surface area contributed by atoms with E-state index in [1.807, 2.05) is 4.90 Å². The average molecular weight is 182 g/mol. The average Bonchev–Trinajstić information content (AvgIpc) is 2.71. The quantitative estimate of drug-likeness (QED) is 0.649. The monoisotopic (exact) mass is 182 g/mol. The number of carbonyl (C=O) groups is 1. The van der Waals surface area contributed by atoms with Crippen LogP contribution in [0.2, 0.25) is 0 Å². The van der Waals surface area contributed by atoms with E-state index < -0.39 is 0 Å². The van der Waals surface area contributed by atoms with Gasteiger partial charge in [0.2, 0.25) is 5.91 Å². The van der Waals surface area contributed by atoms with Gasteiger partial charge in [0.05, 0.1) is 6.04 Å². The van der Waals surface area contributed by atoms with Gasteiger partial charge >= 0.3 is 0 Å². The molecule has 2 aliphatic heterocycles. The summed E-state index contributed by atoms with van der Waals surface area (Å²) in [5.41, 5.74) is 0. The normalized spacial score (nSPS) is 29.2. The van der Waals surface area contributed by atoms with E-state index in [9.17, 15) is 4.79 Å². The number of rotatable bonds is 1. The highest BCUT2D eigenvalue weighted by Gasteiger charge is 2.27. The largest absolute Gasteiger partial charge is 0.341 e. The van der Waals surface area contributed by atoms with Crippen LogP contribution < -0.4 is 5.32 Å². The Balaban J connectivity index is 1.87. The van der Waals surface area contributed by atoms with E-state index in [1.54, 1.807) is 0 Å². The zero-order chi connectivity index (χ0) is 9.10. The van der Waals surface area contributed by atoms with Crippen LogP contribution in [0.15, 0.2) is 0 Å². The maximum Gasteiger partial charge on any atom is 0.239 e. The minimum Gasteiger partial charge on any atom is -0.341 e. The van der Waals surface area contributed by atoms with Gasteiger partial charge in [-0.2, -0.15) is 0 Å². The van der Waals surface area contributed by atoms with Crippen molar-refractivity contribution >= 4 is 5.91 Å². The molecule has 3 heteroatoms. The van der Waals surface area contributed by atoms with Crippen LogP contribution in [0.4, 0.5) is 0 Å². The van der Waals surface area contributed by atoms with E-state index in [0.717, 1.165) is 32.5 Å². The predicted molar refractivity (Wildman–Crippen MR) is 51.5 cm³/mol. The van der Waals surface area contributed by atoms with E-state index in [0.29, 0.717) is 5.91 Å². The van der Waals surface area contributed by atoms with E-state index in [1.165, 1.54) is 19.3 Å². The van der Waals surface area contributed by atoms with Crippen molar-refractivity contribution in [1.82, 2.24) is 10.2 Å². The summed E-state index contributed by atoms with van der Waals surface area (Å²) < 4.78 is 0. The van der Waals surface area contributed by atoms with Gasteiger partial charge < -0.3 is 10.2 Å². The number of hydrogen-bond acceptors (Lipinski definition) is 2. The molecule has 0 saturated carbocycles. The molecule has 0 aliphatic carbocycles. The topological polar surface area (TPSA) is 32.3 Å².